The van der Waals surface area contributed by atoms with Crippen molar-refractivity contribution in [3.8, 4) is 0 Å². The molecule has 2 aliphatic rings. The van der Waals surface area contributed by atoms with Crippen LogP contribution in [0.3, 0.4) is 0 Å². The van der Waals surface area contributed by atoms with Crippen molar-refractivity contribution in [1.82, 2.24) is 0 Å². The molecule has 138 valence electrons. The van der Waals surface area contributed by atoms with Crippen molar-refractivity contribution in [2.75, 3.05) is 4.90 Å². The zero-order valence-electron chi connectivity index (χ0n) is 15.1. The summed E-state index contributed by atoms with van der Waals surface area (Å²) in [6.45, 7) is 5.50. The van der Waals surface area contributed by atoms with Crippen molar-refractivity contribution in [2.45, 2.75) is 25.9 Å². The molecule has 1 aromatic carbocycles. The molecule has 1 aliphatic carbocycles. The van der Waals surface area contributed by atoms with Crippen LogP contribution in [0.15, 0.2) is 71.2 Å². The molecule has 0 radical (unpaired) electrons. The van der Waals surface area contributed by atoms with Gasteiger partial charge in [0.05, 0.1) is 22.9 Å². The van der Waals surface area contributed by atoms with Gasteiger partial charge in [-0.25, -0.2) is 4.90 Å². The summed E-state index contributed by atoms with van der Waals surface area (Å²) in [6.07, 6.45) is 4.16. The Hall–Kier alpha value is -2.92. The largest absolute Gasteiger partial charge is 0.463 e. The number of aliphatic hydroxyl groups is 1. The molecule has 5 nitrogen and oxygen atoms in total. The normalized spacial score (nSPS) is 27.5. The first-order chi connectivity index (χ1) is 13.0. The van der Waals surface area contributed by atoms with Gasteiger partial charge >= 0.3 is 0 Å². The molecule has 1 fully saturated rings. The van der Waals surface area contributed by atoms with E-state index in [1.165, 1.54) is 4.90 Å². The second kappa shape index (κ2) is 6.35. The van der Waals surface area contributed by atoms with Crippen LogP contribution in [-0.4, -0.2) is 16.9 Å². The molecular weight excluding hydrogens is 342 g/mol. The van der Waals surface area contributed by atoms with Crippen LogP contribution in [0.5, 0.6) is 0 Å². The number of nitrogens with zero attached hydrogens (tertiary/aromatic N) is 1. The summed E-state index contributed by atoms with van der Waals surface area (Å²) < 4.78 is 5.78. The fraction of sp³-hybridized carbons (Fsp3) is 0.273. The van der Waals surface area contributed by atoms with E-state index in [0.717, 1.165) is 5.57 Å². The van der Waals surface area contributed by atoms with Crippen LogP contribution in [0, 0.1) is 11.3 Å². The molecule has 4 rings (SSSR count). The minimum atomic E-state index is -0.976. The first-order valence-electron chi connectivity index (χ1n) is 8.97. The van der Waals surface area contributed by atoms with E-state index in [4.69, 9.17) is 4.42 Å². The van der Waals surface area contributed by atoms with Gasteiger partial charge in [-0.2, -0.15) is 0 Å². The number of furan rings is 1. The standard InChI is InChI=1S/C22H21NO4/c1-3-14-9-11-17-20(25)23(15-7-5-4-6-8-15)21(26)22(17,2)19(14)18-12-10-16(13-24)27-18/h3-10,12,17,19,24H,1,11,13H2,2H3/t17-,19+,22+/m0/s1. The van der Waals surface area contributed by atoms with Crippen molar-refractivity contribution < 1.29 is 19.1 Å². The van der Waals surface area contributed by atoms with Gasteiger partial charge in [-0.3, -0.25) is 9.59 Å². The lowest BCUT2D eigenvalue weighted by atomic mass is 9.61. The van der Waals surface area contributed by atoms with E-state index in [0.29, 0.717) is 23.6 Å². The predicted octanol–water partition coefficient (Wildman–Crippen LogP) is 3.57. The molecule has 27 heavy (non-hydrogen) atoms. The fourth-order valence-electron chi connectivity index (χ4n) is 4.41. The molecular formula is C22H21NO4. The minimum Gasteiger partial charge on any atom is -0.463 e. The van der Waals surface area contributed by atoms with Crippen molar-refractivity contribution in [3.63, 3.8) is 0 Å². The van der Waals surface area contributed by atoms with Gasteiger partial charge in [0, 0.05) is 0 Å². The lowest BCUT2D eigenvalue weighted by Crippen LogP contribution is -2.41. The van der Waals surface area contributed by atoms with Crippen molar-refractivity contribution in [1.29, 1.82) is 0 Å². The topological polar surface area (TPSA) is 70.8 Å². The van der Waals surface area contributed by atoms with Crippen LogP contribution in [-0.2, 0) is 16.2 Å². The summed E-state index contributed by atoms with van der Waals surface area (Å²) in [7, 11) is 0. The Morgan fingerprint density at radius 1 is 1.26 bits per heavy atom. The third kappa shape index (κ3) is 2.42. The number of anilines is 1. The average Bonchev–Trinajstić information content (AvgIpc) is 3.23. The zero-order chi connectivity index (χ0) is 19.2. The maximum Gasteiger partial charge on any atom is 0.241 e. The number of amides is 2. The van der Waals surface area contributed by atoms with Gasteiger partial charge in [0.2, 0.25) is 11.8 Å². The monoisotopic (exact) mass is 363 g/mol. The van der Waals surface area contributed by atoms with E-state index in [1.54, 1.807) is 30.3 Å². The fourth-order valence-corrected chi connectivity index (χ4v) is 4.41. The van der Waals surface area contributed by atoms with Gasteiger partial charge in [0.25, 0.3) is 0 Å². The molecule has 0 spiro atoms. The van der Waals surface area contributed by atoms with E-state index < -0.39 is 17.3 Å². The number of aliphatic hydroxyl groups excluding tert-OH is 1. The summed E-state index contributed by atoms with van der Waals surface area (Å²) >= 11 is 0. The highest BCUT2D eigenvalue weighted by molar-refractivity contribution is 6.24. The first kappa shape index (κ1) is 17.5. The SMILES string of the molecule is C=CC1=CC[C@H]2C(=O)N(c3ccccc3)C(=O)[C@@]2(C)[C@H]1c1ccc(CO)o1. The molecule has 5 heteroatoms. The Bertz CT molecular complexity index is 942. The number of hydrogen-bond acceptors (Lipinski definition) is 4. The summed E-state index contributed by atoms with van der Waals surface area (Å²) in [6, 6.07) is 12.5. The molecule has 1 saturated heterocycles. The number of hydrogen-bond donors (Lipinski definition) is 1. The minimum absolute atomic E-state index is 0.188. The van der Waals surface area contributed by atoms with Gasteiger partial charge in [0.15, 0.2) is 0 Å². The third-order valence-electron chi connectivity index (χ3n) is 5.80. The lowest BCUT2D eigenvalue weighted by molar-refractivity contribution is -0.127. The number of rotatable bonds is 4. The van der Waals surface area contributed by atoms with Crippen LogP contribution >= 0.6 is 0 Å². The number of allylic oxidation sites excluding steroid dienone is 3. The number of carbonyl (C=O) groups excluding carboxylic acids is 2. The van der Waals surface area contributed by atoms with Crippen molar-refractivity contribution in [3.05, 3.63) is 78.3 Å². The molecule has 1 N–H and O–H groups in total. The van der Waals surface area contributed by atoms with E-state index in [2.05, 4.69) is 6.58 Å². The smallest absolute Gasteiger partial charge is 0.241 e. The first-order valence-corrected chi connectivity index (χ1v) is 8.97. The number of carbonyl (C=O) groups is 2. The Balaban J connectivity index is 1.85. The van der Waals surface area contributed by atoms with Gasteiger partial charge in [-0.1, -0.05) is 36.9 Å². The Morgan fingerprint density at radius 3 is 2.63 bits per heavy atom. The molecule has 2 amide bonds. The lowest BCUT2D eigenvalue weighted by Gasteiger charge is -2.38. The van der Waals surface area contributed by atoms with Gasteiger partial charge in [-0.05, 0) is 43.2 Å². The van der Waals surface area contributed by atoms with E-state index in [9.17, 15) is 14.7 Å². The Morgan fingerprint density at radius 2 is 2.00 bits per heavy atom. The van der Waals surface area contributed by atoms with Gasteiger partial charge in [0.1, 0.15) is 18.1 Å². The second-order valence-electron chi connectivity index (χ2n) is 7.19. The second-order valence-corrected chi connectivity index (χ2v) is 7.19. The molecule has 0 saturated carbocycles. The van der Waals surface area contributed by atoms with Crippen LogP contribution in [0.1, 0.15) is 30.8 Å². The predicted molar refractivity (Wildman–Crippen MR) is 101 cm³/mol. The number of para-hydroxylation sites is 1. The summed E-state index contributed by atoms with van der Waals surface area (Å²) in [5.41, 5.74) is 0.469. The maximum atomic E-state index is 13.5. The van der Waals surface area contributed by atoms with Gasteiger partial charge < -0.3 is 9.52 Å². The highest BCUT2D eigenvalue weighted by atomic mass is 16.4. The summed E-state index contributed by atoms with van der Waals surface area (Å²) in [4.78, 5) is 28.0. The quantitative estimate of drug-likeness (QED) is 0.843. The third-order valence-corrected chi connectivity index (χ3v) is 5.80. The average molecular weight is 363 g/mol. The van der Waals surface area contributed by atoms with Crippen molar-refractivity contribution >= 4 is 17.5 Å². The number of imide groups is 1. The zero-order valence-corrected chi connectivity index (χ0v) is 15.1. The molecule has 2 heterocycles. The van der Waals surface area contributed by atoms with E-state index >= 15 is 0 Å². The summed E-state index contributed by atoms with van der Waals surface area (Å²) in [5.74, 6) is -0.333. The molecule has 1 aromatic heterocycles. The molecule has 1 aliphatic heterocycles. The number of benzene rings is 1. The van der Waals surface area contributed by atoms with Crippen LogP contribution in [0.25, 0.3) is 0 Å². The molecule has 2 aromatic rings. The van der Waals surface area contributed by atoms with E-state index in [1.807, 2.05) is 31.2 Å². The van der Waals surface area contributed by atoms with Gasteiger partial charge in [-0.15, -0.1) is 0 Å². The van der Waals surface area contributed by atoms with Crippen LogP contribution in [0.4, 0.5) is 5.69 Å². The van der Waals surface area contributed by atoms with E-state index in [-0.39, 0.29) is 18.4 Å². The molecule has 3 atom stereocenters. The maximum absolute atomic E-state index is 13.5. The Labute approximate surface area is 157 Å². The molecule has 0 bridgehead atoms. The van der Waals surface area contributed by atoms with Crippen LogP contribution in [0.2, 0.25) is 0 Å². The number of fused-ring (bicyclic) bond motifs is 1. The highest BCUT2D eigenvalue weighted by Gasteiger charge is 2.62. The van der Waals surface area contributed by atoms with Crippen molar-refractivity contribution in [2.24, 2.45) is 11.3 Å². The Kier molecular flexibility index (Phi) is 4.12. The highest BCUT2D eigenvalue weighted by Crippen LogP contribution is 2.56. The van der Waals surface area contributed by atoms with Crippen LogP contribution < -0.4 is 4.90 Å². The molecule has 0 unspecified atom stereocenters. The summed E-state index contributed by atoms with van der Waals surface area (Å²) in [5, 5.41) is 9.35.